The van der Waals surface area contributed by atoms with E-state index in [4.69, 9.17) is 11.6 Å². The summed E-state index contributed by atoms with van der Waals surface area (Å²) in [6.07, 6.45) is 7.24. The van der Waals surface area contributed by atoms with Gasteiger partial charge in [0.15, 0.2) is 0 Å². The third-order valence-corrected chi connectivity index (χ3v) is 6.27. The molecular weight excluding hydrogens is 320 g/mol. The van der Waals surface area contributed by atoms with Gasteiger partial charge < -0.3 is 5.32 Å². The Morgan fingerprint density at radius 2 is 1.86 bits per heavy atom. The van der Waals surface area contributed by atoms with Crippen LogP contribution in [0.15, 0.2) is 41.3 Å². The third kappa shape index (κ3) is 3.71. The summed E-state index contributed by atoms with van der Waals surface area (Å²) in [4.78, 5) is 0.245. The molecule has 0 aliphatic heterocycles. The minimum absolute atomic E-state index is 0.245. The van der Waals surface area contributed by atoms with Gasteiger partial charge in [-0.15, -0.1) is 0 Å². The van der Waals surface area contributed by atoms with Crippen molar-refractivity contribution in [3.05, 3.63) is 41.4 Å². The molecule has 1 saturated carbocycles. The maximum absolute atomic E-state index is 12.1. The Balaban J connectivity index is 1.39. The van der Waals surface area contributed by atoms with Crippen molar-refractivity contribution in [2.24, 2.45) is 17.8 Å². The average molecular weight is 341 g/mol. The van der Waals surface area contributed by atoms with Gasteiger partial charge in [-0.1, -0.05) is 23.8 Å². The molecule has 0 saturated heterocycles. The first kappa shape index (κ1) is 16.0. The van der Waals surface area contributed by atoms with Crippen LogP contribution in [0.25, 0.3) is 0 Å². The molecular formula is C16H21ClN2O2S. The van der Waals surface area contributed by atoms with Gasteiger partial charge in [0.1, 0.15) is 0 Å². The van der Waals surface area contributed by atoms with Crippen LogP contribution < -0.4 is 10.0 Å². The highest BCUT2D eigenvalue weighted by molar-refractivity contribution is 7.89. The monoisotopic (exact) mass is 340 g/mol. The van der Waals surface area contributed by atoms with E-state index in [0.29, 0.717) is 24.0 Å². The quantitative estimate of drug-likeness (QED) is 0.592. The second-order valence-electron chi connectivity index (χ2n) is 6.10. The minimum Gasteiger partial charge on any atom is -0.315 e. The van der Waals surface area contributed by atoms with E-state index in [2.05, 4.69) is 22.2 Å². The Kier molecular flexibility index (Phi) is 4.88. The fourth-order valence-corrected chi connectivity index (χ4v) is 4.55. The van der Waals surface area contributed by atoms with Gasteiger partial charge in [0.25, 0.3) is 0 Å². The van der Waals surface area contributed by atoms with Crippen LogP contribution >= 0.6 is 11.6 Å². The highest BCUT2D eigenvalue weighted by atomic mass is 35.5. The molecule has 3 atom stereocenters. The van der Waals surface area contributed by atoms with Crippen LogP contribution in [-0.4, -0.2) is 28.1 Å². The predicted molar refractivity (Wildman–Crippen MR) is 88.4 cm³/mol. The summed E-state index contributed by atoms with van der Waals surface area (Å²) >= 11 is 5.77. The van der Waals surface area contributed by atoms with Crippen molar-refractivity contribution in [1.82, 2.24) is 10.0 Å². The van der Waals surface area contributed by atoms with E-state index in [1.165, 1.54) is 25.0 Å². The number of nitrogens with one attached hydrogen (secondary N) is 2. The van der Waals surface area contributed by atoms with Gasteiger partial charge >= 0.3 is 0 Å². The third-order valence-electron chi connectivity index (χ3n) is 4.54. The van der Waals surface area contributed by atoms with Crippen molar-refractivity contribution in [3.8, 4) is 0 Å². The Morgan fingerprint density at radius 1 is 1.09 bits per heavy atom. The molecule has 0 spiro atoms. The highest BCUT2D eigenvalue weighted by Gasteiger charge is 2.34. The molecule has 2 aliphatic rings. The molecule has 2 aliphatic carbocycles. The average Bonchev–Trinajstić information content (AvgIpc) is 3.10. The standard InChI is InChI=1S/C16H21ClN2O2S/c17-15-3-5-16(6-4-15)22(20,21)19-8-7-18-11-14-10-12-1-2-13(14)9-12/h1-6,12-14,18-19H,7-11H2/t12-,13+,14+/m1/s1. The first-order chi connectivity index (χ1) is 10.5. The molecule has 0 aromatic heterocycles. The van der Waals surface area contributed by atoms with Crippen LogP contribution in [0.2, 0.25) is 5.02 Å². The van der Waals surface area contributed by atoms with Crippen LogP contribution in [0.1, 0.15) is 12.8 Å². The molecule has 0 amide bonds. The van der Waals surface area contributed by atoms with Crippen molar-refractivity contribution in [3.63, 3.8) is 0 Å². The van der Waals surface area contributed by atoms with E-state index >= 15 is 0 Å². The second kappa shape index (κ2) is 6.71. The minimum atomic E-state index is -3.44. The number of fused-ring (bicyclic) bond motifs is 2. The number of sulfonamides is 1. The number of hydrogen-bond donors (Lipinski definition) is 2. The Hall–Kier alpha value is -0.880. The molecule has 1 fully saturated rings. The molecule has 0 heterocycles. The van der Waals surface area contributed by atoms with Gasteiger partial charge in [-0.25, -0.2) is 13.1 Å². The molecule has 2 bridgehead atoms. The van der Waals surface area contributed by atoms with Gasteiger partial charge in [-0.3, -0.25) is 0 Å². The number of halogens is 1. The maximum Gasteiger partial charge on any atom is 0.240 e. The largest absolute Gasteiger partial charge is 0.315 e. The van der Waals surface area contributed by atoms with E-state index < -0.39 is 10.0 Å². The predicted octanol–water partition coefficient (Wildman–Crippen LogP) is 2.42. The normalized spacial score (nSPS) is 26.7. The topological polar surface area (TPSA) is 58.2 Å². The number of benzene rings is 1. The van der Waals surface area contributed by atoms with Crippen LogP contribution in [-0.2, 0) is 10.0 Å². The molecule has 120 valence electrons. The molecule has 1 aromatic rings. The summed E-state index contributed by atoms with van der Waals surface area (Å²) in [6, 6.07) is 6.19. The summed E-state index contributed by atoms with van der Waals surface area (Å²) in [5, 5.41) is 3.89. The smallest absolute Gasteiger partial charge is 0.240 e. The molecule has 1 aromatic carbocycles. The zero-order valence-electron chi connectivity index (χ0n) is 12.3. The van der Waals surface area contributed by atoms with E-state index in [-0.39, 0.29) is 4.90 Å². The van der Waals surface area contributed by atoms with Crippen molar-refractivity contribution >= 4 is 21.6 Å². The van der Waals surface area contributed by atoms with E-state index in [1.807, 2.05) is 0 Å². The lowest BCUT2D eigenvalue weighted by Crippen LogP contribution is -2.34. The van der Waals surface area contributed by atoms with Crippen molar-refractivity contribution in [2.45, 2.75) is 17.7 Å². The fraction of sp³-hybridized carbons (Fsp3) is 0.500. The zero-order valence-corrected chi connectivity index (χ0v) is 13.9. The molecule has 22 heavy (non-hydrogen) atoms. The maximum atomic E-state index is 12.1. The number of hydrogen-bond acceptors (Lipinski definition) is 3. The van der Waals surface area contributed by atoms with Crippen molar-refractivity contribution in [1.29, 1.82) is 0 Å². The molecule has 3 rings (SSSR count). The summed E-state index contributed by atoms with van der Waals surface area (Å²) < 4.78 is 26.8. The summed E-state index contributed by atoms with van der Waals surface area (Å²) in [5.41, 5.74) is 0. The molecule has 0 radical (unpaired) electrons. The second-order valence-corrected chi connectivity index (χ2v) is 8.30. The van der Waals surface area contributed by atoms with E-state index in [0.717, 1.165) is 18.4 Å². The molecule has 6 heteroatoms. The van der Waals surface area contributed by atoms with Gasteiger partial charge in [-0.2, -0.15) is 0 Å². The molecule has 4 nitrogen and oxygen atoms in total. The SMILES string of the molecule is O=S(=O)(NCCNC[C@@H]1C[C@@H]2C=C[C@H]1C2)c1ccc(Cl)cc1. The first-order valence-corrected chi connectivity index (χ1v) is 9.55. The summed E-state index contributed by atoms with van der Waals surface area (Å²) in [6.45, 7) is 2.00. The molecule has 0 unspecified atom stereocenters. The fourth-order valence-electron chi connectivity index (χ4n) is 3.39. The lowest BCUT2D eigenvalue weighted by Gasteiger charge is -2.18. The highest BCUT2D eigenvalue weighted by Crippen LogP contribution is 2.42. The van der Waals surface area contributed by atoms with E-state index in [1.54, 1.807) is 12.1 Å². The van der Waals surface area contributed by atoms with Crippen LogP contribution in [0, 0.1) is 17.8 Å². The van der Waals surface area contributed by atoms with Crippen LogP contribution in [0.5, 0.6) is 0 Å². The van der Waals surface area contributed by atoms with Crippen LogP contribution in [0.3, 0.4) is 0 Å². The van der Waals surface area contributed by atoms with Gasteiger partial charge in [0.2, 0.25) is 10.0 Å². The molecule has 2 N–H and O–H groups in total. The lowest BCUT2D eigenvalue weighted by molar-refractivity contribution is 0.416. The number of rotatable bonds is 7. The Bertz CT molecular complexity index is 643. The number of allylic oxidation sites excluding steroid dienone is 2. The van der Waals surface area contributed by atoms with Crippen LogP contribution in [0.4, 0.5) is 0 Å². The first-order valence-electron chi connectivity index (χ1n) is 7.69. The van der Waals surface area contributed by atoms with Gasteiger partial charge in [-0.05, 0) is 61.4 Å². The van der Waals surface area contributed by atoms with Crippen molar-refractivity contribution < 1.29 is 8.42 Å². The van der Waals surface area contributed by atoms with E-state index in [9.17, 15) is 8.42 Å². The Labute approximate surface area is 137 Å². The zero-order chi connectivity index (χ0) is 15.6. The summed E-state index contributed by atoms with van der Waals surface area (Å²) in [7, 11) is -3.44. The van der Waals surface area contributed by atoms with Gasteiger partial charge in [0, 0.05) is 18.1 Å². The lowest BCUT2D eigenvalue weighted by atomic mass is 9.94. The van der Waals surface area contributed by atoms with Crippen molar-refractivity contribution in [2.75, 3.05) is 19.6 Å². The summed E-state index contributed by atoms with van der Waals surface area (Å²) in [5.74, 6) is 2.21. The van der Waals surface area contributed by atoms with Gasteiger partial charge in [0.05, 0.1) is 4.90 Å². The Morgan fingerprint density at radius 3 is 2.50 bits per heavy atom.